The summed E-state index contributed by atoms with van der Waals surface area (Å²) in [6.45, 7) is 5.94. The van der Waals surface area contributed by atoms with Gasteiger partial charge in [0.05, 0.1) is 5.60 Å². The summed E-state index contributed by atoms with van der Waals surface area (Å²) in [7, 11) is 0. The number of aliphatic hydroxyl groups is 1. The van der Waals surface area contributed by atoms with Gasteiger partial charge in [-0.15, -0.1) is 0 Å². The molecule has 1 fully saturated rings. The number of aryl methyl sites for hydroxylation is 2. The fraction of sp³-hybridized carbons (Fsp3) is 0.600. The zero-order valence-electron chi connectivity index (χ0n) is 11.4. The molecule has 0 spiro atoms. The van der Waals surface area contributed by atoms with Gasteiger partial charge < -0.3 is 16.2 Å². The number of rotatable bonds is 3. The third-order valence-corrected chi connectivity index (χ3v) is 4.19. The monoisotopic (exact) mass is 248 g/mol. The Kier molecular flexibility index (Phi) is 4.05. The van der Waals surface area contributed by atoms with Crippen LogP contribution in [0.5, 0.6) is 0 Å². The Bertz CT molecular complexity index is 411. The molecule has 1 aliphatic rings. The van der Waals surface area contributed by atoms with Crippen molar-refractivity contribution in [2.75, 3.05) is 13.1 Å². The van der Waals surface area contributed by atoms with Gasteiger partial charge in [0, 0.05) is 6.04 Å². The highest BCUT2D eigenvalue weighted by Crippen LogP contribution is 2.24. The van der Waals surface area contributed by atoms with Crippen LogP contribution in [0.25, 0.3) is 0 Å². The van der Waals surface area contributed by atoms with Gasteiger partial charge in [-0.05, 0) is 62.9 Å². The molecule has 1 atom stereocenters. The van der Waals surface area contributed by atoms with Gasteiger partial charge in [0.25, 0.3) is 0 Å². The molecule has 0 amide bonds. The molecule has 1 saturated heterocycles. The molecule has 0 saturated carbocycles. The Hall–Kier alpha value is -0.900. The summed E-state index contributed by atoms with van der Waals surface area (Å²) in [5.74, 6) is 0. The molecule has 4 N–H and O–H groups in total. The van der Waals surface area contributed by atoms with Crippen LogP contribution in [0.15, 0.2) is 18.2 Å². The van der Waals surface area contributed by atoms with Crippen LogP contribution in [0, 0.1) is 13.8 Å². The van der Waals surface area contributed by atoms with E-state index in [9.17, 15) is 5.11 Å². The molecular formula is C15H24N2O. The van der Waals surface area contributed by atoms with Crippen LogP contribution in [0.1, 0.15) is 29.5 Å². The van der Waals surface area contributed by atoms with Crippen molar-refractivity contribution in [3.63, 3.8) is 0 Å². The highest BCUT2D eigenvalue weighted by molar-refractivity contribution is 5.30. The molecule has 0 bridgehead atoms. The summed E-state index contributed by atoms with van der Waals surface area (Å²) in [5.41, 5.74) is 9.33. The van der Waals surface area contributed by atoms with Crippen molar-refractivity contribution in [1.29, 1.82) is 0 Å². The molecule has 1 heterocycles. The van der Waals surface area contributed by atoms with Crippen LogP contribution >= 0.6 is 0 Å². The Morgan fingerprint density at radius 2 is 1.94 bits per heavy atom. The predicted octanol–water partition coefficient (Wildman–Crippen LogP) is 1.29. The van der Waals surface area contributed by atoms with E-state index in [2.05, 4.69) is 37.4 Å². The van der Waals surface area contributed by atoms with Crippen molar-refractivity contribution in [3.05, 3.63) is 34.9 Å². The summed E-state index contributed by atoms with van der Waals surface area (Å²) < 4.78 is 0. The molecule has 0 radical (unpaired) electrons. The normalized spacial score (nSPS) is 20.7. The minimum Gasteiger partial charge on any atom is -0.388 e. The van der Waals surface area contributed by atoms with Crippen molar-refractivity contribution in [2.45, 2.75) is 44.8 Å². The lowest BCUT2D eigenvalue weighted by Crippen LogP contribution is -2.54. The van der Waals surface area contributed by atoms with Gasteiger partial charge in [0.2, 0.25) is 0 Å². The summed E-state index contributed by atoms with van der Waals surface area (Å²) >= 11 is 0. The Balaban J connectivity index is 2.05. The number of hydrogen-bond acceptors (Lipinski definition) is 3. The van der Waals surface area contributed by atoms with Gasteiger partial charge >= 0.3 is 0 Å². The second-order valence-electron chi connectivity index (χ2n) is 5.58. The molecule has 0 aromatic heterocycles. The summed E-state index contributed by atoms with van der Waals surface area (Å²) in [5, 5.41) is 13.8. The van der Waals surface area contributed by atoms with Crippen molar-refractivity contribution in [3.8, 4) is 0 Å². The molecule has 0 aliphatic carbocycles. The van der Waals surface area contributed by atoms with Gasteiger partial charge in [0.1, 0.15) is 0 Å². The molecule has 18 heavy (non-hydrogen) atoms. The first-order valence-corrected chi connectivity index (χ1v) is 6.76. The van der Waals surface area contributed by atoms with Gasteiger partial charge in [-0.25, -0.2) is 0 Å². The van der Waals surface area contributed by atoms with Gasteiger partial charge in [-0.1, -0.05) is 18.2 Å². The maximum atomic E-state index is 10.6. The summed E-state index contributed by atoms with van der Waals surface area (Å²) in [4.78, 5) is 0. The fourth-order valence-electron chi connectivity index (χ4n) is 2.60. The van der Waals surface area contributed by atoms with E-state index < -0.39 is 5.60 Å². The van der Waals surface area contributed by atoms with E-state index in [4.69, 9.17) is 5.73 Å². The Morgan fingerprint density at radius 1 is 1.28 bits per heavy atom. The highest BCUT2D eigenvalue weighted by Gasteiger charge is 2.35. The summed E-state index contributed by atoms with van der Waals surface area (Å²) in [6.07, 6.45) is 2.25. The first-order valence-electron chi connectivity index (χ1n) is 6.76. The zero-order valence-corrected chi connectivity index (χ0v) is 11.4. The van der Waals surface area contributed by atoms with E-state index in [1.807, 2.05) is 0 Å². The standard InChI is InChI=1S/C15H24N2O/c1-11-3-4-13(9-12(11)2)10-14(16)15(18)5-7-17-8-6-15/h3-4,9,14,17-18H,5-8,10,16H2,1-2H3. The predicted molar refractivity (Wildman–Crippen MR) is 74.6 cm³/mol. The van der Waals surface area contributed by atoms with E-state index in [0.29, 0.717) is 0 Å². The summed E-state index contributed by atoms with van der Waals surface area (Å²) in [6, 6.07) is 6.25. The highest BCUT2D eigenvalue weighted by atomic mass is 16.3. The molecule has 1 aliphatic heterocycles. The Morgan fingerprint density at radius 3 is 2.56 bits per heavy atom. The molecule has 1 unspecified atom stereocenters. The van der Waals surface area contributed by atoms with Gasteiger partial charge in [-0.3, -0.25) is 0 Å². The lowest BCUT2D eigenvalue weighted by Gasteiger charge is -2.37. The zero-order chi connectivity index (χ0) is 13.2. The second-order valence-corrected chi connectivity index (χ2v) is 5.58. The first kappa shape index (κ1) is 13.5. The lowest BCUT2D eigenvalue weighted by atomic mass is 9.82. The third-order valence-electron chi connectivity index (χ3n) is 4.19. The lowest BCUT2D eigenvalue weighted by molar-refractivity contribution is -0.0132. The van der Waals surface area contributed by atoms with E-state index in [1.165, 1.54) is 16.7 Å². The molecule has 100 valence electrons. The van der Waals surface area contributed by atoms with Crippen LogP contribution < -0.4 is 11.1 Å². The average molecular weight is 248 g/mol. The van der Waals surface area contributed by atoms with Crippen molar-refractivity contribution < 1.29 is 5.11 Å². The number of hydrogen-bond donors (Lipinski definition) is 3. The molecule has 3 heteroatoms. The van der Waals surface area contributed by atoms with E-state index >= 15 is 0 Å². The topological polar surface area (TPSA) is 58.3 Å². The largest absolute Gasteiger partial charge is 0.388 e. The molecule has 3 nitrogen and oxygen atoms in total. The average Bonchev–Trinajstić information content (AvgIpc) is 2.35. The smallest absolute Gasteiger partial charge is 0.0825 e. The number of nitrogens with two attached hydrogens (primary N) is 1. The second kappa shape index (κ2) is 5.39. The minimum absolute atomic E-state index is 0.179. The number of benzene rings is 1. The fourth-order valence-corrected chi connectivity index (χ4v) is 2.60. The SMILES string of the molecule is Cc1ccc(CC(N)C2(O)CCNCC2)cc1C. The Labute approximate surface area is 109 Å². The maximum Gasteiger partial charge on any atom is 0.0825 e. The van der Waals surface area contributed by atoms with Crippen LogP contribution in [-0.2, 0) is 6.42 Å². The molecule has 2 rings (SSSR count). The van der Waals surface area contributed by atoms with Crippen LogP contribution in [0.3, 0.4) is 0 Å². The molecule has 1 aromatic rings. The number of piperidine rings is 1. The minimum atomic E-state index is -0.704. The maximum absolute atomic E-state index is 10.6. The van der Waals surface area contributed by atoms with E-state index in [-0.39, 0.29) is 6.04 Å². The van der Waals surface area contributed by atoms with E-state index in [0.717, 1.165) is 32.4 Å². The first-order chi connectivity index (χ1) is 8.51. The van der Waals surface area contributed by atoms with Crippen molar-refractivity contribution in [2.24, 2.45) is 5.73 Å². The van der Waals surface area contributed by atoms with Crippen molar-refractivity contribution in [1.82, 2.24) is 5.32 Å². The van der Waals surface area contributed by atoms with Crippen LogP contribution in [-0.4, -0.2) is 29.8 Å². The van der Waals surface area contributed by atoms with Crippen molar-refractivity contribution >= 4 is 0 Å². The number of nitrogens with one attached hydrogen (secondary N) is 1. The van der Waals surface area contributed by atoms with Gasteiger partial charge in [0.15, 0.2) is 0 Å². The van der Waals surface area contributed by atoms with E-state index in [1.54, 1.807) is 0 Å². The van der Waals surface area contributed by atoms with Crippen LogP contribution in [0.4, 0.5) is 0 Å². The van der Waals surface area contributed by atoms with Gasteiger partial charge in [-0.2, -0.15) is 0 Å². The van der Waals surface area contributed by atoms with Crippen LogP contribution in [0.2, 0.25) is 0 Å². The molecular weight excluding hydrogens is 224 g/mol. The quantitative estimate of drug-likeness (QED) is 0.755. The molecule has 1 aromatic carbocycles. The third kappa shape index (κ3) is 2.91.